The molecule has 7 heteroatoms. The fraction of sp³-hybridized carbons (Fsp3) is 0.938. The maximum Gasteiger partial charge on any atom is 0.238 e. The highest BCUT2D eigenvalue weighted by atomic mass is 32.2. The van der Waals surface area contributed by atoms with Crippen LogP contribution in [-0.2, 0) is 14.8 Å². The van der Waals surface area contributed by atoms with Crippen molar-refractivity contribution in [3.63, 3.8) is 0 Å². The Balaban J connectivity index is 1.53. The number of carbonyl (C=O) groups is 1. The summed E-state index contributed by atoms with van der Waals surface area (Å²) in [5.41, 5.74) is 0. The Morgan fingerprint density at radius 1 is 1.17 bits per heavy atom. The van der Waals surface area contributed by atoms with Crippen LogP contribution in [0.2, 0.25) is 0 Å². The first-order chi connectivity index (χ1) is 11.0. The fourth-order valence-corrected chi connectivity index (χ4v) is 5.54. The molecule has 1 amide bonds. The SMILES string of the molecule is CCCS(=O)(=O)N1CCC[C@@H]1C(=O)N[C@@H]1CCN(CC2CC2)C1. The summed E-state index contributed by atoms with van der Waals surface area (Å²) < 4.78 is 26.0. The minimum Gasteiger partial charge on any atom is -0.351 e. The number of amides is 1. The van der Waals surface area contributed by atoms with Crippen LogP contribution in [0.4, 0.5) is 0 Å². The van der Waals surface area contributed by atoms with Crippen LogP contribution in [-0.4, -0.2) is 67.5 Å². The first-order valence-electron chi connectivity index (χ1n) is 9.02. The van der Waals surface area contributed by atoms with Crippen LogP contribution in [0.3, 0.4) is 0 Å². The van der Waals surface area contributed by atoms with Gasteiger partial charge in [0.05, 0.1) is 5.75 Å². The number of nitrogens with one attached hydrogen (secondary N) is 1. The number of hydrogen-bond acceptors (Lipinski definition) is 4. The smallest absolute Gasteiger partial charge is 0.238 e. The molecule has 0 radical (unpaired) electrons. The maximum absolute atomic E-state index is 12.6. The second kappa shape index (κ2) is 7.07. The van der Waals surface area contributed by atoms with E-state index in [-0.39, 0.29) is 17.7 Å². The molecule has 3 rings (SSSR count). The van der Waals surface area contributed by atoms with Gasteiger partial charge < -0.3 is 10.2 Å². The van der Waals surface area contributed by atoms with Crippen LogP contribution in [0, 0.1) is 5.92 Å². The molecule has 1 aliphatic carbocycles. The molecule has 1 saturated carbocycles. The van der Waals surface area contributed by atoms with Crippen LogP contribution in [0.5, 0.6) is 0 Å². The zero-order valence-electron chi connectivity index (χ0n) is 14.0. The summed E-state index contributed by atoms with van der Waals surface area (Å²) in [6.07, 6.45) is 5.69. The molecule has 3 fully saturated rings. The van der Waals surface area contributed by atoms with E-state index in [4.69, 9.17) is 0 Å². The first-order valence-corrected chi connectivity index (χ1v) is 10.6. The van der Waals surface area contributed by atoms with Crippen molar-refractivity contribution >= 4 is 15.9 Å². The molecule has 2 aliphatic heterocycles. The van der Waals surface area contributed by atoms with Crippen molar-refractivity contribution in [1.29, 1.82) is 0 Å². The molecule has 0 aromatic heterocycles. The van der Waals surface area contributed by atoms with Gasteiger partial charge in [-0.15, -0.1) is 0 Å². The third-order valence-corrected chi connectivity index (χ3v) is 7.23. The normalized spacial score (nSPS) is 30.0. The Hall–Kier alpha value is -0.660. The number of carbonyl (C=O) groups excluding carboxylic acids is 1. The summed E-state index contributed by atoms with van der Waals surface area (Å²) in [6, 6.07) is -0.318. The van der Waals surface area contributed by atoms with Crippen molar-refractivity contribution in [3.05, 3.63) is 0 Å². The highest BCUT2D eigenvalue weighted by molar-refractivity contribution is 7.89. The molecule has 2 saturated heterocycles. The van der Waals surface area contributed by atoms with Crippen LogP contribution < -0.4 is 5.32 Å². The molecule has 0 bridgehead atoms. The molecule has 132 valence electrons. The van der Waals surface area contributed by atoms with Crippen LogP contribution in [0.15, 0.2) is 0 Å². The predicted molar refractivity (Wildman–Crippen MR) is 89.5 cm³/mol. The minimum atomic E-state index is -3.29. The number of nitrogens with zero attached hydrogens (tertiary/aromatic N) is 2. The quantitative estimate of drug-likeness (QED) is 0.742. The zero-order chi connectivity index (χ0) is 16.4. The Morgan fingerprint density at radius 3 is 2.65 bits per heavy atom. The van der Waals surface area contributed by atoms with Crippen molar-refractivity contribution in [2.24, 2.45) is 5.92 Å². The molecule has 1 N–H and O–H groups in total. The van der Waals surface area contributed by atoms with Gasteiger partial charge in [0.25, 0.3) is 0 Å². The van der Waals surface area contributed by atoms with Gasteiger partial charge in [0, 0.05) is 32.2 Å². The van der Waals surface area contributed by atoms with E-state index in [1.165, 1.54) is 17.1 Å². The highest BCUT2D eigenvalue weighted by Crippen LogP contribution is 2.30. The molecule has 2 heterocycles. The van der Waals surface area contributed by atoms with E-state index in [2.05, 4.69) is 10.2 Å². The highest BCUT2D eigenvalue weighted by Gasteiger charge is 2.39. The summed E-state index contributed by atoms with van der Waals surface area (Å²) >= 11 is 0. The lowest BCUT2D eigenvalue weighted by atomic mass is 10.2. The van der Waals surface area contributed by atoms with Gasteiger partial charge in [-0.1, -0.05) is 6.92 Å². The van der Waals surface area contributed by atoms with Gasteiger partial charge in [0.15, 0.2) is 0 Å². The topological polar surface area (TPSA) is 69.7 Å². The Labute approximate surface area is 139 Å². The van der Waals surface area contributed by atoms with E-state index < -0.39 is 16.1 Å². The van der Waals surface area contributed by atoms with E-state index in [1.54, 1.807) is 0 Å². The van der Waals surface area contributed by atoms with Crippen LogP contribution in [0.25, 0.3) is 0 Å². The predicted octanol–water partition coefficient (Wildman–Crippen LogP) is 0.791. The lowest BCUT2D eigenvalue weighted by molar-refractivity contribution is -0.124. The molecule has 0 spiro atoms. The van der Waals surface area contributed by atoms with Gasteiger partial charge in [-0.05, 0) is 44.4 Å². The van der Waals surface area contributed by atoms with Gasteiger partial charge in [-0.25, -0.2) is 8.42 Å². The van der Waals surface area contributed by atoms with Crippen molar-refractivity contribution in [2.45, 2.75) is 57.5 Å². The average molecular weight is 343 g/mol. The zero-order valence-corrected chi connectivity index (χ0v) is 14.9. The van der Waals surface area contributed by atoms with E-state index in [9.17, 15) is 13.2 Å². The number of sulfonamides is 1. The lowest BCUT2D eigenvalue weighted by Gasteiger charge is -2.25. The minimum absolute atomic E-state index is 0.0968. The standard InChI is InChI=1S/C16H29N3O3S/c1-2-10-23(21,22)19-8-3-4-15(19)16(20)17-14-7-9-18(12-14)11-13-5-6-13/h13-15H,2-12H2,1H3,(H,17,20)/t14-,15-/m1/s1. The van der Waals surface area contributed by atoms with E-state index >= 15 is 0 Å². The summed E-state index contributed by atoms with van der Waals surface area (Å²) in [5.74, 6) is 0.907. The largest absolute Gasteiger partial charge is 0.351 e. The van der Waals surface area contributed by atoms with Gasteiger partial charge in [0.1, 0.15) is 6.04 Å². The molecular weight excluding hydrogens is 314 g/mol. The molecular formula is C16H29N3O3S. The summed E-state index contributed by atoms with van der Waals surface area (Å²) in [4.78, 5) is 15.0. The van der Waals surface area contributed by atoms with Crippen molar-refractivity contribution in [3.8, 4) is 0 Å². The number of likely N-dealkylation sites (tertiary alicyclic amines) is 1. The average Bonchev–Trinajstić information content (AvgIpc) is 3.00. The summed E-state index contributed by atoms with van der Waals surface area (Å²) in [7, 11) is -3.29. The fourth-order valence-electron chi connectivity index (χ4n) is 3.79. The first kappa shape index (κ1) is 17.2. The summed E-state index contributed by atoms with van der Waals surface area (Å²) in [6.45, 7) is 5.46. The van der Waals surface area contributed by atoms with E-state index in [1.807, 2.05) is 6.92 Å². The van der Waals surface area contributed by atoms with Crippen molar-refractivity contribution < 1.29 is 13.2 Å². The molecule has 0 aromatic carbocycles. The van der Waals surface area contributed by atoms with Crippen LogP contribution in [0.1, 0.15) is 45.4 Å². The van der Waals surface area contributed by atoms with Crippen LogP contribution >= 0.6 is 0 Å². The van der Waals surface area contributed by atoms with Crippen molar-refractivity contribution in [1.82, 2.24) is 14.5 Å². The second-order valence-corrected chi connectivity index (χ2v) is 9.32. The third kappa shape index (κ3) is 4.25. The van der Waals surface area contributed by atoms with Gasteiger partial charge >= 0.3 is 0 Å². The number of rotatable bonds is 7. The van der Waals surface area contributed by atoms with Crippen molar-refractivity contribution in [2.75, 3.05) is 31.9 Å². The molecule has 2 atom stereocenters. The number of hydrogen-bond donors (Lipinski definition) is 1. The van der Waals surface area contributed by atoms with Gasteiger partial charge in [0.2, 0.25) is 15.9 Å². The molecule has 3 aliphatic rings. The third-order valence-electron chi connectivity index (χ3n) is 5.16. The van der Waals surface area contributed by atoms with E-state index in [0.29, 0.717) is 19.4 Å². The van der Waals surface area contributed by atoms with E-state index in [0.717, 1.165) is 38.4 Å². The summed E-state index contributed by atoms with van der Waals surface area (Å²) in [5, 5.41) is 3.10. The maximum atomic E-state index is 12.6. The molecule has 6 nitrogen and oxygen atoms in total. The molecule has 0 aromatic rings. The van der Waals surface area contributed by atoms with Gasteiger partial charge in [-0.3, -0.25) is 4.79 Å². The lowest BCUT2D eigenvalue weighted by Crippen LogP contribution is -2.49. The Morgan fingerprint density at radius 2 is 1.96 bits per heavy atom. The Kier molecular flexibility index (Phi) is 5.28. The monoisotopic (exact) mass is 343 g/mol. The second-order valence-electron chi connectivity index (χ2n) is 7.28. The molecule has 23 heavy (non-hydrogen) atoms. The Bertz CT molecular complexity index is 533. The van der Waals surface area contributed by atoms with Gasteiger partial charge in [-0.2, -0.15) is 4.31 Å². The molecule has 0 unspecified atom stereocenters.